The fraction of sp³-hybridized carbons (Fsp3) is 0.500. The maximum Gasteiger partial charge on any atom is 0.232 e. The lowest BCUT2D eigenvalue weighted by atomic mass is 10.5. The van der Waals surface area contributed by atoms with Gasteiger partial charge in [-0.15, -0.1) is 0 Å². The number of halogens is 2. The Hall–Kier alpha value is -0.360. The van der Waals surface area contributed by atoms with Crippen LogP contribution >= 0.6 is 27.5 Å². The van der Waals surface area contributed by atoms with Crippen molar-refractivity contribution in [2.75, 3.05) is 33.5 Å². The molecule has 0 unspecified atom stereocenters. The van der Waals surface area contributed by atoms with Gasteiger partial charge in [-0.1, -0.05) is 11.6 Å². The Morgan fingerprint density at radius 1 is 1.31 bits per heavy atom. The summed E-state index contributed by atoms with van der Waals surface area (Å²) in [5, 5.41) is 0.478. The Morgan fingerprint density at radius 3 is 2.75 bits per heavy atom. The average molecular weight is 311 g/mol. The highest BCUT2D eigenvalue weighted by molar-refractivity contribution is 9.10. The highest BCUT2D eigenvalue weighted by Crippen LogP contribution is 2.24. The fourth-order valence-electron chi connectivity index (χ4n) is 0.950. The second kappa shape index (κ2) is 7.84. The molecule has 0 N–H and O–H groups in total. The Kier molecular flexibility index (Phi) is 6.71. The van der Waals surface area contributed by atoms with Crippen LogP contribution < -0.4 is 4.74 Å². The lowest BCUT2D eigenvalue weighted by molar-refractivity contribution is 0.0537. The van der Waals surface area contributed by atoms with Gasteiger partial charge in [0.1, 0.15) is 11.6 Å². The van der Waals surface area contributed by atoms with Crippen LogP contribution in [0.2, 0.25) is 5.02 Å². The zero-order chi connectivity index (χ0) is 11.8. The predicted octanol–water partition coefficient (Wildman–Crippen LogP) is 2.54. The van der Waals surface area contributed by atoms with Crippen LogP contribution in [-0.2, 0) is 9.47 Å². The van der Waals surface area contributed by atoms with Gasteiger partial charge in [-0.05, 0) is 22.0 Å². The van der Waals surface area contributed by atoms with E-state index in [9.17, 15) is 0 Å². The van der Waals surface area contributed by atoms with E-state index in [0.29, 0.717) is 37.3 Å². The Morgan fingerprint density at radius 2 is 2.06 bits per heavy atom. The Balaban J connectivity index is 2.21. The zero-order valence-electron chi connectivity index (χ0n) is 8.91. The molecule has 1 heterocycles. The molecule has 0 fully saturated rings. The molecule has 0 aliphatic rings. The highest BCUT2D eigenvalue weighted by Gasteiger charge is 2.03. The molecule has 90 valence electrons. The van der Waals surface area contributed by atoms with Crippen molar-refractivity contribution in [1.82, 2.24) is 4.98 Å². The quantitative estimate of drug-likeness (QED) is 0.726. The summed E-state index contributed by atoms with van der Waals surface area (Å²) in [6.45, 7) is 2.04. The monoisotopic (exact) mass is 309 g/mol. The summed E-state index contributed by atoms with van der Waals surface area (Å²) in [5.74, 6) is 0.417. The second-order valence-corrected chi connectivity index (χ2v) is 4.22. The molecule has 0 bridgehead atoms. The van der Waals surface area contributed by atoms with Gasteiger partial charge in [0.25, 0.3) is 0 Å². The first-order valence-electron chi connectivity index (χ1n) is 4.74. The van der Waals surface area contributed by atoms with Crippen molar-refractivity contribution >= 4 is 27.5 Å². The van der Waals surface area contributed by atoms with E-state index >= 15 is 0 Å². The summed E-state index contributed by atoms with van der Waals surface area (Å²) < 4.78 is 16.2. The Bertz CT molecular complexity index is 325. The third-order valence-corrected chi connectivity index (χ3v) is 2.38. The molecule has 0 aliphatic heterocycles. The van der Waals surface area contributed by atoms with Crippen LogP contribution in [0.1, 0.15) is 0 Å². The van der Waals surface area contributed by atoms with Crippen molar-refractivity contribution in [3.05, 3.63) is 21.8 Å². The van der Waals surface area contributed by atoms with Gasteiger partial charge in [0.05, 0.1) is 19.8 Å². The highest BCUT2D eigenvalue weighted by atomic mass is 79.9. The Labute approximate surface area is 108 Å². The van der Waals surface area contributed by atoms with Crippen LogP contribution in [0.5, 0.6) is 5.88 Å². The lowest BCUT2D eigenvalue weighted by Crippen LogP contribution is -2.10. The van der Waals surface area contributed by atoms with Crippen LogP contribution in [0.25, 0.3) is 0 Å². The molecule has 1 aromatic heterocycles. The number of ether oxygens (including phenoxy) is 3. The molecule has 6 heteroatoms. The van der Waals surface area contributed by atoms with Crippen molar-refractivity contribution in [1.29, 1.82) is 0 Å². The van der Waals surface area contributed by atoms with Gasteiger partial charge in [0.15, 0.2) is 0 Å². The molecule has 0 spiro atoms. The van der Waals surface area contributed by atoms with Crippen LogP contribution in [0, 0.1) is 0 Å². The molecule has 16 heavy (non-hydrogen) atoms. The number of aromatic nitrogens is 1. The number of nitrogens with zero attached hydrogens (tertiary/aromatic N) is 1. The first-order valence-corrected chi connectivity index (χ1v) is 5.91. The maximum absolute atomic E-state index is 5.91. The molecule has 1 aromatic rings. The number of hydrogen-bond donors (Lipinski definition) is 0. The molecule has 0 aromatic carbocycles. The van der Waals surface area contributed by atoms with E-state index in [-0.39, 0.29) is 0 Å². The van der Waals surface area contributed by atoms with E-state index in [1.807, 2.05) is 0 Å². The van der Waals surface area contributed by atoms with Crippen LogP contribution in [0.15, 0.2) is 16.7 Å². The van der Waals surface area contributed by atoms with Crippen molar-refractivity contribution in [2.45, 2.75) is 0 Å². The summed E-state index contributed by atoms with van der Waals surface area (Å²) >= 11 is 9.18. The normalized spacial score (nSPS) is 10.4. The first kappa shape index (κ1) is 13.7. The summed E-state index contributed by atoms with van der Waals surface area (Å²) in [4.78, 5) is 4.03. The minimum absolute atomic E-state index is 0.415. The fourth-order valence-corrected chi connectivity index (χ4v) is 1.63. The van der Waals surface area contributed by atoms with Crippen molar-refractivity contribution in [3.8, 4) is 5.88 Å². The van der Waals surface area contributed by atoms with Crippen LogP contribution in [0.4, 0.5) is 0 Å². The van der Waals surface area contributed by atoms with Gasteiger partial charge >= 0.3 is 0 Å². The van der Waals surface area contributed by atoms with Gasteiger partial charge < -0.3 is 14.2 Å². The van der Waals surface area contributed by atoms with E-state index < -0.39 is 0 Å². The minimum Gasteiger partial charge on any atom is -0.474 e. The topological polar surface area (TPSA) is 40.6 Å². The molecular weight excluding hydrogens is 297 g/mol. The third kappa shape index (κ3) is 5.12. The molecule has 0 aliphatic carbocycles. The van der Waals surface area contributed by atoms with Gasteiger partial charge in [-0.25, -0.2) is 4.98 Å². The smallest absolute Gasteiger partial charge is 0.232 e. The molecule has 0 radical (unpaired) electrons. The number of methoxy groups -OCH3 is 1. The molecule has 0 atom stereocenters. The van der Waals surface area contributed by atoms with Crippen molar-refractivity contribution in [3.63, 3.8) is 0 Å². The number of rotatable bonds is 7. The predicted molar refractivity (Wildman–Crippen MR) is 65.1 cm³/mol. The molecule has 0 saturated heterocycles. The van der Waals surface area contributed by atoms with Crippen molar-refractivity contribution < 1.29 is 14.2 Å². The van der Waals surface area contributed by atoms with Gasteiger partial charge in [-0.3, -0.25) is 0 Å². The largest absolute Gasteiger partial charge is 0.474 e. The van der Waals surface area contributed by atoms with Crippen LogP contribution in [-0.4, -0.2) is 38.5 Å². The summed E-state index contributed by atoms with van der Waals surface area (Å²) in [6, 6.07) is 1.73. The second-order valence-electron chi connectivity index (χ2n) is 2.89. The maximum atomic E-state index is 5.91. The number of pyridine rings is 1. The molecule has 0 saturated carbocycles. The van der Waals surface area contributed by atoms with Crippen LogP contribution in [0.3, 0.4) is 0 Å². The standard InChI is InChI=1S/C10H13BrClNO3/c1-14-2-3-15-4-5-16-10-9(12)6-8(11)7-13-10/h6-7H,2-5H2,1H3. The van der Waals surface area contributed by atoms with E-state index in [4.69, 9.17) is 25.8 Å². The van der Waals surface area contributed by atoms with Crippen molar-refractivity contribution in [2.24, 2.45) is 0 Å². The summed E-state index contributed by atoms with van der Waals surface area (Å²) in [6.07, 6.45) is 1.63. The first-order chi connectivity index (χ1) is 7.74. The third-order valence-electron chi connectivity index (χ3n) is 1.67. The SMILES string of the molecule is COCCOCCOc1ncc(Br)cc1Cl. The summed E-state index contributed by atoms with van der Waals surface area (Å²) in [5.41, 5.74) is 0. The van der Waals surface area contributed by atoms with E-state index in [0.717, 1.165) is 4.47 Å². The molecule has 1 rings (SSSR count). The number of hydrogen-bond acceptors (Lipinski definition) is 4. The minimum atomic E-state index is 0.415. The molecular formula is C10H13BrClNO3. The zero-order valence-corrected chi connectivity index (χ0v) is 11.3. The molecule has 4 nitrogen and oxygen atoms in total. The summed E-state index contributed by atoms with van der Waals surface area (Å²) in [7, 11) is 1.63. The van der Waals surface area contributed by atoms with E-state index in [1.54, 1.807) is 19.4 Å². The van der Waals surface area contributed by atoms with E-state index in [2.05, 4.69) is 20.9 Å². The lowest BCUT2D eigenvalue weighted by Gasteiger charge is -2.07. The molecule has 0 amide bonds. The van der Waals surface area contributed by atoms with E-state index in [1.165, 1.54) is 0 Å². The van der Waals surface area contributed by atoms with Gasteiger partial charge in [0.2, 0.25) is 5.88 Å². The average Bonchev–Trinajstić information content (AvgIpc) is 2.26. The van der Waals surface area contributed by atoms with Gasteiger partial charge in [0, 0.05) is 17.8 Å². The van der Waals surface area contributed by atoms with Gasteiger partial charge in [-0.2, -0.15) is 0 Å².